The normalized spacial score (nSPS) is 11.4. The number of alkyl halides is 3. The van der Waals surface area contributed by atoms with Crippen LogP contribution in [0.1, 0.15) is 12.5 Å². The first-order valence-corrected chi connectivity index (χ1v) is 6.76. The predicted molar refractivity (Wildman–Crippen MR) is 77.7 cm³/mol. The van der Waals surface area contributed by atoms with Gasteiger partial charge in [-0.15, -0.1) is 0 Å². The van der Waals surface area contributed by atoms with E-state index in [1.165, 1.54) is 0 Å². The maximum atomic E-state index is 12.8. The summed E-state index contributed by atoms with van der Waals surface area (Å²) in [6.45, 7) is 2.25. The second-order valence-corrected chi connectivity index (χ2v) is 4.69. The zero-order chi connectivity index (χ0) is 16.3. The highest BCUT2D eigenvalue weighted by Crippen LogP contribution is 2.36. The number of ether oxygens (including phenoxy) is 1. The fraction of sp³-hybridized carbons (Fsp3) is 0.286. The first-order chi connectivity index (χ1) is 10.4. The Bertz CT molecular complexity index is 664. The number of hydrogen-bond acceptors (Lipinski definition) is 4. The molecule has 8 heteroatoms. The highest BCUT2D eigenvalue weighted by molar-refractivity contribution is 6.33. The van der Waals surface area contributed by atoms with E-state index in [1.54, 1.807) is 29.2 Å². The molecule has 2 aromatic rings. The van der Waals surface area contributed by atoms with Gasteiger partial charge in [0.15, 0.2) is 0 Å². The van der Waals surface area contributed by atoms with Crippen LogP contribution in [0.15, 0.2) is 30.5 Å². The van der Waals surface area contributed by atoms with E-state index in [0.717, 1.165) is 7.11 Å². The summed E-state index contributed by atoms with van der Waals surface area (Å²) in [4.78, 5) is 9.26. The molecule has 0 fully saturated rings. The molecule has 2 rings (SSSR count). The average molecular weight is 332 g/mol. The Morgan fingerprint density at radius 1 is 1.27 bits per heavy atom. The summed E-state index contributed by atoms with van der Waals surface area (Å²) in [5.74, 6) is -0.441. The molecule has 1 aromatic heterocycles. The summed E-state index contributed by atoms with van der Waals surface area (Å²) < 4.78 is 43.3. The lowest BCUT2D eigenvalue weighted by molar-refractivity contribution is -0.139. The third kappa shape index (κ3) is 3.24. The van der Waals surface area contributed by atoms with Crippen molar-refractivity contribution in [2.45, 2.75) is 13.1 Å². The van der Waals surface area contributed by atoms with Crippen molar-refractivity contribution in [1.29, 1.82) is 0 Å². The molecule has 0 aliphatic carbocycles. The molecule has 1 aromatic carbocycles. The molecule has 22 heavy (non-hydrogen) atoms. The maximum Gasteiger partial charge on any atom is 0.423 e. The molecule has 0 bridgehead atoms. The highest BCUT2D eigenvalue weighted by Gasteiger charge is 2.36. The van der Waals surface area contributed by atoms with Crippen LogP contribution >= 0.6 is 11.6 Å². The van der Waals surface area contributed by atoms with E-state index >= 15 is 0 Å². The third-order valence-electron chi connectivity index (χ3n) is 2.94. The molecular weight excluding hydrogens is 319 g/mol. The van der Waals surface area contributed by atoms with Crippen molar-refractivity contribution in [1.82, 2.24) is 9.97 Å². The van der Waals surface area contributed by atoms with Crippen molar-refractivity contribution in [3.05, 3.63) is 41.0 Å². The van der Waals surface area contributed by atoms with Crippen LogP contribution in [0.5, 0.6) is 5.88 Å². The van der Waals surface area contributed by atoms with Gasteiger partial charge in [-0.05, 0) is 19.1 Å². The molecule has 0 N–H and O–H groups in total. The first-order valence-electron chi connectivity index (χ1n) is 6.38. The lowest BCUT2D eigenvalue weighted by atomic mass is 10.3. The van der Waals surface area contributed by atoms with E-state index in [9.17, 15) is 13.2 Å². The molecule has 0 unspecified atom stereocenters. The Hall–Kier alpha value is -2.02. The van der Waals surface area contributed by atoms with Crippen LogP contribution in [0.3, 0.4) is 0 Å². The number of aromatic nitrogens is 2. The van der Waals surface area contributed by atoms with Crippen molar-refractivity contribution in [2.75, 3.05) is 18.6 Å². The molecule has 118 valence electrons. The molecule has 0 radical (unpaired) electrons. The minimum Gasteiger partial charge on any atom is -0.480 e. The SMILES string of the molecule is CCN(c1ncc(C(F)(F)F)c(OC)n1)c1ccccc1Cl. The topological polar surface area (TPSA) is 38.2 Å². The van der Waals surface area contributed by atoms with Gasteiger partial charge in [-0.2, -0.15) is 18.2 Å². The van der Waals surface area contributed by atoms with Crippen LogP contribution in [0.25, 0.3) is 0 Å². The average Bonchev–Trinajstić information content (AvgIpc) is 2.48. The lowest BCUT2D eigenvalue weighted by Gasteiger charge is -2.23. The Balaban J connectivity index is 2.49. The van der Waals surface area contributed by atoms with Gasteiger partial charge in [0.2, 0.25) is 11.8 Å². The number of rotatable bonds is 4. The standard InChI is InChI=1S/C14H13ClF3N3O/c1-3-21(11-7-5-4-6-10(11)15)13-19-8-9(14(16,17)18)12(20-13)22-2/h4-8H,3H2,1-2H3. The molecule has 1 heterocycles. The molecule has 4 nitrogen and oxygen atoms in total. The molecule has 0 saturated heterocycles. The molecule has 0 aliphatic heterocycles. The third-order valence-corrected chi connectivity index (χ3v) is 3.26. The fourth-order valence-corrected chi connectivity index (χ4v) is 2.17. The minimum atomic E-state index is -4.58. The number of para-hydroxylation sites is 1. The monoisotopic (exact) mass is 331 g/mol. The van der Waals surface area contributed by atoms with Gasteiger partial charge in [-0.3, -0.25) is 0 Å². The number of anilines is 2. The smallest absolute Gasteiger partial charge is 0.423 e. The summed E-state index contributed by atoms with van der Waals surface area (Å²) in [7, 11) is 1.13. The molecule has 0 atom stereocenters. The van der Waals surface area contributed by atoms with E-state index in [-0.39, 0.29) is 5.95 Å². The van der Waals surface area contributed by atoms with Crippen molar-refractivity contribution in [3.63, 3.8) is 0 Å². The van der Waals surface area contributed by atoms with Crippen LogP contribution in [0.4, 0.5) is 24.8 Å². The molecule has 0 aliphatic rings. The second-order valence-electron chi connectivity index (χ2n) is 4.29. The Morgan fingerprint density at radius 2 is 1.95 bits per heavy atom. The van der Waals surface area contributed by atoms with Gasteiger partial charge in [-0.1, -0.05) is 23.7 Å². The van der Waals surface area contributed by atoms with E-state index in [4.69, 9.17) is 16.3 Å². The van der Waals surface area contributed by atoms with Crippen molar-refractivity contribution in [2.24, 2.45) is 0 Å². The van der Waals surface area contributed by atoms with E-state index in [1.807, 2.05) is 6.92 Å². The number of methoxy groups -OCH3 is 1. The van der Waals surface area contributed by atoms with Gasteiger partial charge >= 0.3 is 6.18 Å². The van der Waals surface area contributed by atoms with E-state index < -0.39 is 17.6 Å². The Morgan fingerprint density at radius 3 is 2.50 bits per heavy atom. The van der Waals surface area contributed by atoms with E-state index in [0.29, 0.717) is 23.5 Å². The van der Waals surface area contributed by atoms with Crippen LogP contribution in [-0.4, -0.2) is 23.6 Å². The van der Waals surface area contributed by atoms with Crippen molar-refractivity contribution >= 4 is 23.2 Å². The minimum absolute atomic E-state index is 0.0837. The molecular formula is C14H13ClF3N3O. The summed E-state index contributed by atoms with van der Waals surface area (Å²) in [6, 6.07) is 6.94. The molecule has 0 saturated carbocycles. The molecule has 0 amide bonds. The number of halogens is 4. The number of nitrogens with zero attached hydrogens (tertiary/aromatic N) is 3. The lowest BCUT2D eigenvalue weighted by Crippen LogP contribution is -2.20. The summed E-state index contributed by atoms with van der Waals surface area (Å²) in [6.07, 6.45) is -3.87. The first kappa shape index (κ1) is 16.4. The Kier molecular flexibility index (Phi) is 4.75. The maximum absolute atomic E-state index is 12.8. The van der Waals surface area contributed by atoms with Gasteiger partial charge in [0, 0.05) is 12.7 Å². The zero-order valence-electron chi connectivity index (χ0n) is 11.9. The highest BCUT2D eigenvalue weighted by atomic mass is 35.5. The molecule has 0 spiro atoms. The van der Waals surface area contributed by atoms with Crippen molar-refractivity contribution in [3.8, 4) is 5.88 Å². The second kappa shape index (κ2) is 6.39. The zero-order valence-corrected chi connectivity index (χ0v) is 12.6. The summed E-state index contributed by atoms with van der Waals surface area (Å²) >= 11 is 6.12. The largest absolute Gasteiger partial charge is 0.480 e. The van der Waals surface area contributed by atoms with Crippen LogP contribution in [0.2, 0.25) is 5.02 Å². The van der Waals surface area contributed by atoms with Crippen LogP contribution in [0, 0.1) is 0 Å². The number of hydrogen-bond donors (Lipinski definition) is 0. The Labute approximate surface area is 130 Å². The predicted octanol–water partition coefficient (Wildman–Crippen LogP) is 4.32. The van der Waals surface area contributed by atoms with Crippen molar-refractivity contribution < 1.29 is 17.9 Å². The van der Waals surface area contributed by atoms with Crippen LogP contribution < -0.4 is 9.64 Å². The van der Waals surface area contributed by atoms with Gasteiger partial charge in [0.1, 0.15) is 5.56 Å². The van der Waals surface area contributed by atoms with Crippen LogP contribution in [-0.2, 0) is 6.18 Å². The number of benzene rings is 1. The fourth-order valence-electron chi connectivity index (χ4n) is 1.93. The summed E-state index contributed by atoms with van der Waals surface area (Å²) in [5, 5.41) is 0.451. The van der Waals surface area contributed by atoms with E-state index in [2.05, 4.69) is 9.97 Å². The van der Waals surface area contributed by atoms with Gasteiger partial charge in [0.25, 0.3) is 0 Å². The summed E-state index contributed by atoms with van der Waals surface area (Å²) in [5.41, 5.74) is -0.414. The van der Waals surface area contributed by atoms with Gasteiger partial charge < -0.3 is 9.64 Å². The van der Waals surface area contributed by atoms with Gasteiger partial charge in [0.05, 0.1) is 17.8 Å². The quantitative estimate of drug-likeness (QED) is 0.836. The van der Waals surface area contributed by atoms with Gasteiger partial charge in [-0.25, -0.2) is 4.98 Å².